The Morgan fingerprint density at radius 1 is 0.875 bits per heavy atom. The van der Waals surface area contributed by atoms with Gasteiger partial charge in [0, 0.05) is 90.1 Å². The van der Waals surface area contributed by atoms with Gasteiger partial charge in [-0.3, -0.25) is 14.6 Å². The average Bonchev–Trinajstić information content (AvgIpc) is 3.88. The Kier molecular flexibility index (Phi) is 14.5. The summed E-state index contributed by atoms with van der Waals surface area (Å²) < 4.78 is 42.6. The molecule has 344 valence electrons. The van der Waals surface area contributed by atoms with Crippen molar-refractivity contribution in [2.75, 3.05) is 62.3 Å². The average molecular weight is 903 g/mol. The fourth-order valence-corrected chi connectivity index (χ4v) is 8.81. The Morgan fingerprint density at radius 2 is 1.53 bits per heavy atom. The van der Waals surface area contributed by atoms with Gasteiger partial charge in [-0.1, -0.05) is 0 Å². The van der Waals surface area contributed by atoms with Crippen molar-refractivity contribution < 1.29 is 32.6 Å². The first-order valence-corrected chi connectivity index (χ1v) is 23.3. The molecular weight excluding hydrogens is 843 g/mol. The predicted octanol–water partition coefficient (Wildman–Crippen LogP) is 6.04. The number of amides is 2. The van der Waals surface area contributed by atoms with Gasteiger partial charge in [-0.15, -0.1) is 0 Å². The number of aromatic nitrogens is 6. The van der Waals surface area contributed by atoms with Crippen molar-refractivity contribution in [3.8, 4) is 34.5 Å². The molecule has 0 radical (unpaired) electrons. The lowest BCUT2D eigenvalue weighted by Gasteiger charge is -2.34. The number of ether oxygens (including phenoxy) is 3. The molecule has 5 heterocycles. The third-order valence-corrected chi connectivity index (χ3v) is 12.0. The molecular formula is C46H60F2N10O5S. The van der Waals surface area contributed by atoms with E-state index in [4.69, 9.17) is 34.4 Å². The molecule has 0 aromatic carbocycles. The highest BCUT2D eigenvalue weighted by molar-refractivity contribution is 7.98. The van der Waals surface area contributed by atoms with E-state index in [0.29, 0.717) is 78.7 Å². The van der Waals surface area contributed by atoms with Crippen LogP contribution in [0.3, 0.4) is 0 Å². The second-order valence-electron chi connectivity index (χ2n) is 18.6. The number of hydrogen-bond acceptors (Lipinski definition) is 14. The number of nitrogens with one attached hydrogen (secondary N) is 2. The maximum atomic E-state index is 14.6. The molecule has 2 aliphatic carbocycles. The maximum Gasteiger partial charge on any atom is 0.387 e. The van der Waals surface area contributed by atoms with E-state index in [1.54, 1.807) is 11.8 Å². The van der Waals surface area contributed by atoms with Gasteiger partial charge in [-0.2, -0.15) is 20.5 Å². The minimum atomic E-state index is -2.99. The van der Waals surface area contributed by atoms with Crippen LogP contribution in [-0.4, -0.2) is 118 Å². The SMILES string of the molecule is CSCC[C@H](C(=O)NC(C)(C)Cc1cc(OCC2COC2)cc(-c2nc3c(c(N(C)CC(=O)NC(C)(C)C)n2)CCC3)n1)N(C)c1nc(-c2cc(OC(F)F)ccn2)nc2c1CCC2. The second-order valence-corrected chi connectivity index (χ2v) is 19.5. The first kappa shape index (κ1) is 46.8. The highest BCUT2D eigenvalue weighted by atomic mass is 32.2. The molecule has 4 aromatic rings. The van der Waals surface area contributed by atoms with Crippen LogP contribution in [0.4, 0.5) is 20.4 Å². The minimum Gasteiger partial charge on any atom is -0.493 e. The lowest BCUT2D eigenvalue weighted by Crippen LogP contribution is -2.54. The summed E-state index contributed by atoms with van der Waals surface area (Å²) in [6, 6.07) is 5.92. The number of anilines is 2. The molecule has 1 atom stereocenters. The van der Waals surface area contributed by atoms with Crippen LogP contribution in [0.5, 0.6) is 11.5 Å². The molecule has 1 fully saturated rings. The summed E-state index contributed by atoms with van der Waals surface area (Å²) in [7, 11) is 3.75. The van der Waals surface area contributed by atoms with Gasteiger partial charge in [-0.05, 0) is 97.6 Å². The number of hydrogen-bond donors (Lipinski definition) is 2. The van der Waals surface area contributed by atoms with Gasteiger partial charge in [0.1, 0.15) is 40.6 Å². The van der Waals surface area contributed by atoms with Crippen LogP contribution < -0.4 is 29.9 Å². The number of halogens is 2. The van der Waals surface area contributed by atoms with Gasteiger partial charge in [0.2, 0.25) is 11.8 Å². The maximum absolute atomic E-state index is 14.6. The number of aryl methyl sites for hydroxylation is 2. The van der Waals surface area contributed by atoms with E-state index in [1.807, 2.05) is 76.9 Å². The van der Waals surface area contributed by atoms with E-state index in [2.05, 4.69) is 20.4 Å². The van der Waals surface area contributed by atoms with Crippen molar-refractivity contribution in [1.29, 1.82) is 0 Å². The molecule has 1 saturated heterocycles. The van der Waals surface area contributed by atoms with Crippen LogP contribution >= 0.6 is 11.8 Å². The quantitative estimate of drug-likeness (QED) is 0.112. The number of pyridine rings is 2. The smallest absolute Gasteiger partial charge is 0.387 e. The molecule has 0 saturated carbocycles. The first-order chi connectivity index (χ1) is 30.4. The number of alkyl halides is 2. The van der Waals surface area contributed by atoms with Crippen molar-refractivity contribution in [2.45, 2.75) is 110 Å². The molecule has 64 heavy (non-hydrogen) atoms. The molecule has 7 rings (SSSR count). The Balaban J connectivity index is 1.16. The van der Waals surface area contributed by atoms with E-state index in [9.17, 15) is 18.4 Å². The van der Waals surface area contributed by atoms with E-state index < -0.39 is 18.2 Å². The van der Waals surface area contributed by atoms with Crippen molar-refractivity contribution in [3.63, 3.8) is 0 Å². The van der Waals surface area contributed by atoms with Gasteiger partial charge in [0.15, 0.2) is 11.6 Å². The molecule has 2 N–H and O–H groups in total. The Hall–Kier alpha value is -5.23. The molecule has 4 aromatic heterocycles. The van der Waals surface area contributed by atoms with Crippen LogP contribution in [0.2, 0.25) is 0 Å². The second kappa shape index (κ2) is 19.9. The third-order valence-electron chi connectivity index (χ3n) is 11.3. The molecule has 15 nitrogen and oxygen atoms in total. The standard InChI is InChI=1S/C46H60F2N10O5S/c1-45(2,3)55-38(59)23-57(6)41-31-11-9-13-33(31)52-40(53-41)36-21-30(62-26-27-24-61-25-27)19-28(50-36)22-46(4,5)56-43(60)37(16-18-64-8)58(7)42-32-12-10-14-34(32)51-39(54-42)35-20-29(15-17-49-35)63-44(47)48/h15,17,19-21,27,37,44H,9-14,16,18,22-26H2,1-8H3,(H,55,59)(H,56,60)/t37-/m1/s1. The van der Waals surface area contributed by atoms with E-state index in [-0.39, 0.29) is 41.4 Å². The zero-order valence-electron chi connectivity index (χ0n) is 38.1. The number of likely N-dealkylation sites (N-methyl/N-ethyl adjacent to an activating group) is 2. The Labute approximate surface area is 378 Å². The summed E-state index contributed by atoms with van der Waals surface area (Å²) in [4.78, 5) is 60.6. The zero-order valence-corrected chi connectivity index (χ0v) is 38.9. The highest BCUT2D eigenvalue weighted by Crippen LogP contribution is 2.35. The van der Waals surface area contributed by atoms with Crippen molar-refractivity contribution in [2.24, 2.45) is 5.92 Å². The topological polar surface area (TPSA) is 170 Å². The Morgan fingerprint density at radius 3 is 2.17 bits per heavy atom. The summed E-state index contributed by atoms with van der Waals surface area (Å²) in [5.74, 6) is 3.34. The lowest BCUT2D eigenvalue weighted by molar-refractivity contribution is -0.124. The van der Waals surface area contributed by atoms with Crippen molar-refractivity contribution >= 4 is 35.2 Å². The third kappa shape index (κ3) is 11.7. The molecule has 0 spiro atoms. The monoisotopic (exact) mass is 902 g/mol. The molecule has 3 aliphatic rings. The summed E-state index contributed by atoms with van der Waals surface area (Å²) >= 11 is 1.65. The highest BCUT2D eigenvalue weighted by Gasteiger charge is 2.33. The molecule has 1 aliphatic heterocycles. The first-order valence-electron chi connectivity index (χ1n) is 21.9. The van der Waals surface area contributed by atoms with Gasteiger partial charge < -0.3 is 34.6 Å². The van der Waals surface area contributed by atoms with E-state index in [0.717, 1.165) is 61.0 Å². The fourth-order valence-electron chi connectivity index (χ4n) is 8.35. The number of rotatable bonds is 19. The van der Waals surface area contributed by atoms with Crippen LogP contribution in [0.25, 0.3) is 23.0 Å². The van der Waals surface area contributed by atoms with Gasteiger partial charge in [0.25, 0.3) is 0 Å². The predicted molar refractivity (Wildman–Crippen MR) is 243 cm³/mol. The summed E-state index contributed by atoms with van der Waals surface area (Å²) in [6.45, 7) is 8.72. The number of fused-ring (bicyclic) bond motifs is 2. The number of thioether (sulfide) groups is 1. The van der Waals surface area contributed by atoms with Crippen molar-refractivity contribution in [1.82, 2.24) is 40.5 Å². The summed E-state index contributed by atoms with van der Waals surface area (Å²) in [5, 5.41) is 6.38. The van der Waals surface area contributed by atoms with Gasteiger partial charge >= 0.3 is 6.61 Å². The Bertz CT molecular complexity index is 2330. The number of carbonyl (C=O) groups excluding carboxylic acids is 2. The summed E-state index contributed by atoms with van der Waals surface area (Å²) in [5.41, 5.74) is 4.18. The summed E-state index contributed by atoms with van der Waals surface area (Å²) in [6.07, 6.45) is 9.20. The van der Waals surface area contributed by atoms with Gasteiger partial charge in [0.05, 0.1) is 26.4 Å². The lowest BCUT2D eigenvalue weighted by atomic mass is 9.96. The molecule has 2 amide bonds. The fraction of sp³-hybridized carbons (Fsp3) is 0.565. The number of nitrogens with zero attached hydrogens (tertiary/aromatic N) is 8. The van der Waals surface area contributed by atoms with Crippen LogP contribution in [0, 0.1) is 5.92 Å². The zero-order chi connectivity index (χ0) is 45.8. The van der Waals surface area contributed by atoms with Crippen LogP contribution in [-0.2, 0) is 46.4 Å². The molecule has 0 unspecified atom stereocenters. The van der Waals surface area contributed by atoms with E-state index >= 15 is 0 Å². The van der Waals surface area contributed by atoms with Crippen molar-refractivity contribution in [3.05, 3.63) is 58.7 Å². The van der Waals surface area contributed by atoms with Crippen LogP contribution in [0.15, 0.2) is 30.5 Å². The minimum absolute atomic E-state index is 0.0418. The largest absolute Gasteiger partial charge is 0.493 e. The molecule has 0 bridgehead atoms. The molecule has 18 heteroatoms. The van der Waals surface area contributed by atoms with Crippen LogP contribution in [0.1, 0.15) is 82.1 Å². The normalized spacial score (nSPS) is 15.3. The number of carbonyl (C=O) groups is 2. The van der Waals surface area contributed by atoms with E-state index in [1.165, 1.54) is 18.3 Å². The van der Waals surface area contributed by atoms with Gasteiger partial charge in [-0.25, -0.2) is 24.9 Å².